The van der Waals surface area contributed by atoms with Crippen molar-refractivity contribution in [3.8, 4) is 0 Å². The van der Waals surface area contributed by atoms with Gasteiger partial charge in [-0.25, -0.2) is 4.39 Å². The summed E-state index contributed by atoms with van der Waals surface area (Å²) in [4.78, 5) is 2.34. The monoisotopic (exact) mass is 377 g/mol. The molecule has 0 radical (unpaired) electrons. The number of aromatic nitrogens is 4. The average Bonchev–Trinajstić information content (AvgIpc) is 3.09. The zero-order valence-corrected chi connectivity index (χ0v) is 15.5. The topological polar surface area (TPSA) is 70.9 Å². The number of benzene rings is 2. The minimum absolute atomic E-state index is 0.354. The lowest BCUT2D eigenvalue weighted by Gasteiger charge is -2.29. The highest BCUT2D eigenvalue weighted by molar-refractivity contribution is 5.95. The van der Waals surface area contributed by atoms with Crippen molar-refractivity contribution in [2.45, 2.75) is 0 Å². The fourth-order valence-electron chi connectivity index (χ4n) is 3.71. The molecule has 1 saturated heterocycles. The number of nitrogens with one attached hydrogen (secondary N) is 2. The van der Waals surface area contributed by atoms with Crippen molar-refractivity contribution in [1.82, 2.24) is 25.3 Å². The Morgan fingerprint density at radius 2 is 2.00 bits per heavy atom. The zero-order chi connectivity index (χ0) is 19.1. The average molecular weight is 377 g/mol. The van der Waals surface area contributed by atoms with Crippen molar-refractivity contribution in [2.24, 2.45) is 7.05 Å². The first kappa shape index (κ1) is 16.9. The van der Waals surface area contributed by atoms with Crippen molar-refractivity contribution in [2.75, 3.05) is 36.4 Å². The maximum absolute atomic E-state index is 14.4. The minimum Gasteiger partial charge on any atom is -0.369 e. The van der Waals surface area contributed by atoms with Gasteiger partial charge in [-0.2, -0.15) is 15.3 Å². The van der Waals surface area contributed by atoms with Crippen molar-refractivity contribution < 1.29 is 4.39 Å². The molecule has 7 nitrogen and oxygen atoms in total. The summed E-state index contributed by atoms with van der Waals surface area (Å²) in [6.45, 7) is 3.91. The van der Waals surface area contributed by atoms with E-state index >= 15 is 0 Å². The molecule has 1 aliphatic heterocycles. The quantitative estimate of drug-likeness (QED) is 0.572. The Labute approximate surface area is 161 Å². The summed E-state index contributed by atoms with van der Waals surface area (Å²) >= 11 is 0. The van der Waals surface area contributed by atoms with Gasteiger partial charge in [0, 0.05) is 61.6 Å². The van der Waals surface area contributed by atoms with Crippen LogP contribution in [0.1, 0.15) is 0 Å². The first-order valence-corrected chi connectivity index (χ1v) is 9.28. The van der Waals surface area contributed by atoms with Crippen LogP contribution in [0.4, 0.5) is 21.5 Å². The third-order valence-electron chi connectivity index (χ3n) is 5.06. The summed E-state index contributed by atoms with van der Waals surface area (Å²) in [5.41, 5.74) is 3.76. The van der Waals surface area contributed by atoms with Crippen LogP contribution in [0.3, 0.4) is 0 Å². The number of piperazine rings is 1. The first-order chi connectivity index (χ1) is 13.7. The van der Waals surface area contributed by atoms with Crippen molar-refractivity contribution in [3.05, 3.63) is 48.5 Å². The summed E-state index contributed by atoms with van der Waals surface area (Å²) < 4.78 is 16.0. The SMILES string of the molecule is Cn1cc2cc(Nc3cnnc4cc(N5CCNCC5)ccc34)cc(F)c2n1. The molecular formula is C20H20FN7. The predicted octanol–water partition coefficient (Wildman–Crippen LogP) is 2.81. The van der Waals surface area contributed by atoms with E-state index in [-0.39, 0.29) is 5.82 Å². The molecule has 2 N–H and O–H groups in total. The van der Waals surface area contributed by atoms with Crippen LogP contribution in [0.25, 0.3) is 21.8 Å². The smallest absolute Gasteiger partial charge is 0.153 e. The zero-order valence-electron chi connectivity index (χ0n) is 15.5. The molecule has 0 aliphatic carbocycles. The highest BCUT2D eigenvalue weighted by Crippen LogP contribution is 2.29. The predicted molar refractivity (Wildman–Crippen MR) is 109 cm³/mol. The molecule has 2 aromatic heterocycles. The van der Waals surface area contributed by atoms with E-state index in [0.717, 1.165) is 53.8 Å². The highest BCUT2D eigenvalue weighted by atomic mass is 19.1. The third kappa shape index (κ3) is 3.01. The second-order valence-corrected chi connectivity index (χ2v) is 7.02. The van der Waals surface area contributed by atoms with E-state index in [1.54, 1.807) is 24.1 Å². The van der Waals surface area contributed by atoms with E-state index in [0.29, 0.717) is 11.2 Å². The fourth-order valence-corrected chi connectivity index (χ4v) is 3.71. The standard InChI is InChI=1S/C20H20FN7/c1-27-12-13-8-14(9-17(21)20(13)26-27)24-19-11-23-25-18-10-15(2-3-16(18)19)28-6-4-22-5-7-28/h2-3,8-12,22H,4-7H2,1H3,(H,24,25). The van der Waals surface area contributed by atoms with Crippen molar-refractivity contribution in [1.29, 1.82) is 0 Å². The normalized spacial score (nSPS) is 14.7. The molecular weight excluding hydrogens is 357 g/mol. The molecule has 8 heteroatoms. The van der Waals surface area contributed by atoms with Gasteiger partial charge in [-0.3, -0.25) is 4.68 Å². The van der Waals surface area contributed by atoms with Crippen LogP contribution in [0.5, 0.6) is 0 Å². The molecule has 0 bridgehead atoms. The van der Waals surface area contributed by atoms with Crippen molar-refractivity contribution >= 4 is 38.9 Å². The van der Waals surface area contributed by atoms with Gasteiger partial charge in [0.25, 0.3) is 0 Å². The molecule has 1 fully saturated rings. The summed E-state index contributed by atoms with van der Waals surface area (Å²) in [6.07, 6.45) is 3.46. The Morgan fingerprint density at radius 1 is 1.14 bits per heavy atom. The van der Waals surface area contributed by atoms with E-state index in [9.17, 15) is 4.39 Å². The first-order valence-electron chi connectivity index (χ1n) is 9.28. The van der Waals surface area contributed by atoms with E-state index in [4.69, 9.17) is 0 Å². The molecule has 0 saturated carbocycles. The van der Waals surface area contributed by atoms with Crippen LogP contribution < -0.4 is 15.5 Å². The second-order valence-electron chi connectivity index (χ2n) is 7.02. The number of hydrogen-bond acceptors (Lipinski definition) is 6. The molecule has 3 heterocycles. The number of rotatable bonds is 3. The Hall–Kier alpha value is -3.26. The maximum Gasteiger partial charge on any atom is 0.153 e. The Morgan fingerprint density at radius 3 is 2.86 bits per heavy atom. The number of halogens is 1. The molecule has 0 unspecified atom stereocenters. The molecule has 28 heavy (non-hydrogen) atoms. The van der Waals surface area contributed by atoms with Crippen LogP contribution in [0.2, 0.25) is 0 Å². The number of nitrogens with zero attached hydrogens (tertiary/aromatic N) is 5. The second kappa shape index (κ2) is 6.72. The van der Waals surface area contributed by atoms with Crippen LogP contribution >= 0.6 is 0 Å². The highest BCUT2D eigenvalue weighted by Gasteiger charge is 2.13. The van der Waals surface area contributed by atoms with E-state index in [1.165, 1.54) is 6.07 Å². The largest absolute Gasteiger partial charge is 0.369 e. The van der Waals surface area contributed by atoms with E-state index < -0.39 is 0 Å². The van der Waals surface area contributed by atoms with E-state index in [2.05, 4.69) is 43.0 Å². The van der Waals surface area contributed by atoms with Gasteiger partial charge in [-0.15, -0.1) is 0 Å². The Bertz CT molecular complexity index is 1160. The van der Waals surface area contributed by atoms with Crippen LogP contribution in [-0.4, -0.2) is 46.2 Å². The van der Waals surface area contributed by atoms with Gasteiger partial charge in [0.1, 0.15) is 5.52 Å². The molecule has 5 rings (SSSR count). The van der Waals surface area contributed by atoms with Gasteiger partial charge < -0.3 is 15.5 Å². The lowest BCUT2D eigenvalue weighted by atomic mass is 10.1. The van der Waals surface area contributed by atoms with Gasteiger partial charge in [0.05, 0.1) is 17.4 Å². The number of hydrogen-bond donors (Lipinski definition) is 2. The number of aryl methyl sites for hydroxylation is 1. The maximum atomic E-state index is 14.4. The van der Waals surface area contributed by atoms with Crippen LogP contribution in [0, 0.1) is 5.82 Å². The van der Waals surface area contributed by atoms with Gasteiger partial charge in [0.2, 0.25) is 0 Å². The third-order valence-corrected chi connectivity index (χ3v) is 5.06. The number of fused-ring (bicyclic) bond motifs is 2. The summed E-state index contributed by atoms with van der Waals surface area (Å²) in [5, 5.41) is 20.9. The minimum atomic E-state index is -0.354. The molecule has 0 spiro atoms. The van der Waals surface area contributed by atoms with Crippen LogP contribution in [0.15, 0.2) is 42.7 Å². The summed E-state index contributed by atoms with van der Waals surface area (Å²) in [7, 11) is 1.78. The molecule has 1 aliphatic rings. The van der Waals surface area contributed by atoms with Crippen LogP contribution in [-0.2, 0) is 7.05 Å². The molecule has 142 valence electrons. The van der Waals surface area contributed by atoms with Crippen molar-refractivity contribution in [3.63, 3.8) is 0 Å². The molecule has 0 amide bonds. The van der Waals surface area contributed by atoms with E-state index in [1.807, 2.05) is 12.1 Å². The fraction of sp³-hybridized carbons (Fsp3) is 0.250. The molecule has 0 atom stereocenters. The summed E-state index contributed by atoms with van der Waals surface area (Å²) in [6, 6.07) is 9.54. The summed E-state index contributed by atoms with van der Waals surface area (Å²) in [5.74, 6) is -0.354. The number of anilines is 3. The Kier molecular flexibility index (Phi) is 4.05. The van der Waals surface area contributed by atoms with Gasteiger partial charge in [-0.05, 0) is 30.3 Å². The lowest BCUT2D eigenvalue weighted by molar-refractivity contribution is 0.589. The van der Waals surface area contributed by atoms with Gasteiger partial charge in [-0.1, -0.05) is 0 Å². The Balaban J connectivity index is 1.50. The lowest BCUT2D eigenvalue weighted by Crippen LogP contribution is -2.43. The molecule has 2 aromatic carbocycles. The molecule has 4 aromatic rings. The van der Waals surface area contributed by atoms with Gasteiger partial charge in [0.15, 0.2) is 5.82 Å². The van der Waals surface area contributed by atoms with Gasteiger partial charge >= 0.3 is 0 Å².